The summed E-state index contributed by atoms with van der Waals surface area (Å²) < 4.78 is 1.29. The minimum atomic E-state index is -0.160. The summed E-state index contributed by atoms with van der Waals surface area (Å²) in [7, 11) is 0. The molecule has 0 N–H and O–H groups in total. The Morgan fingerprint density at radius 2 is 1.04 bits per heavy atom. The molecule has 46 heavy (non-hydrogen) atoms. The van der Waals surface area contributed by atoms with Crippen LogP contribution in [0, 0.1) is 0 Å². The van der Waals surface area contributed by atoms with Gasteiger partial charge in [-0.3, -0.25) is 0 Å². The molecule has 0 radical (unpaired) electrons. The fourth-order valence-electron chi connectivity index (χ4n) is 8.13. The topological polar surface area (TPSA) is 12.9 Å². The maximum Gasteiger partial charge on any atom is 0.125 e. The van der Waals surface area contributed by atoms with Crippen molar-refractivity contribution >= 4 is 64.0 Å². The third-order valence-electron chi connectivity index (χ3n) is 10.3. The predicted octanol–water partition coefficient (Wildman–Crippen LogP) is 12.5. The molecule has 0 atom stereocenters. The van der Waals surface area contributed by atoms with Gasteiger partial charge in [0.2, 0.25) is 0 Å². The van der Waals surface area contributed by atoms with Gasteiger partial charge in [-0.15, -0.1) is 11.3 Å². The minimum absolute atomic E-state index is 0.160. The molecule has 1 aliphatic rings. The second-order valence-electron chi connectivity index (χ2n) is 13.1. The van der Waals surface area contributed by atoms with E-state index in [1.54, 1.807) is 11.3 Å². The quantitative estimate of drug-likeness (QED) is 0.179. The number of pyridine rings is 1. The molecule has 0 fully saturated rings. The molecule has 0 spiro atoms. The van der Waals surface area contributed by atoms with Crippen LogP contribution in [-0.2, 0) is 5.41 Å². The van der Waals surface area contributed by atoms with Gasteiger partial charge >= 0.3 is 0 Å². The van der Waals surface area contributed by atoms with Crippen molar-refractivity contribution in [3.63, 3.8) is 0 Å². The van der Waals surface area contributed by atoms with E-state index in [1.165, 1.54) is 81.2 Å². The number of hydrogen-bond donors (Lipinski definition) is 0. The van der Waals surface area contributed by atoms with E-state index in [-0.39, 0.29) is 5.41 Å². The van der Waals surface area contributed by atoms with Crippen LogP contribution in [0.25, 0.3) is 86.1 Å². The number of rotatable bonds is 2. The first-order valence-corrected chi connectivity index (χ1v) is 16.8. The fraction of sp³-hybridized carbons (Fsp3) is 0.0682. The van der Waals surface area contributed by atoms with Gasteiger partial charge in [-0.05, 0) is 77.8 Å². The third-order valence-corrected chi connectivity index (χ3v) is 11.3. The Labute approximate surface area is 271 Å². The molecule has 0 aliphatic heterocycles. The number of fused-ring (bicyclic) bond motifs is 13. The SMILES string of the molecule is CC1(C)c2ccccc2-c2c1c(-c1ccc(-c3ccc4c5ccccc5c5ccccc5c4c3)cc1)nc1sc3ccccc3c21. The van der Waals surface area contributed by atoms with Crippen molar-refractivity contribution in [1.29, 1.82) is 0 Å². The van der Waals surface area contributed by atoms with Crippen molar-refractivity contribution < 1.29 is 0 Å². The highest BCUT2D eigenvalue weighted by Crippen LogP contribution is 2.56. The maximum absolute atomic E-state index is 5.46. The van der Waals surface area contributed by atoms with E-state index in [4.69, 9.17) is 4.98 Å². The van der Waals surface area contributed by atoms with Crippen molar-refractivity contribution in [2.45, 2.75) is 19.3 Å². The van der Waals surface area contributed by atoms with E-state index < -0.39 is 0 Å². The van der Waals surface area contributed by atoms with E-state index in [0.29, 0.717) is 0 Å². The summed E-state index contributed by atoms with van der Waals surface area (Å²) in [5.41, 5.74) is 9.95. The van der Waals surface area contributed by atoms with Crippen molar-refractivity contribution in [3.05, 3.63) is 151 Å². The maximum atomic E-state index is 5.46. The van der Waals surface area contributed by atoms with Gasteiger partial charge in [0.05, 0.1) is 5.69 Å². The Kier molecular flexibility index (Phi) is 5.28. The molecule has 0 unspecified atom stereocenters. The molecule has 10 rings (SSSR count). The lowest BCUT2D eigenvalue weighted by molar-refractivity contribution is 0.660. The highest BCUT2D eigenvalue weighted by Gasteiger charge is 2.40. The van der Waals surface area contributed by atoms with E-state index in [1.807, 2.05) is 0 Å². The molecule has 0 saturated carbocycles. The van der Waals surface area contributed by atoms with E-state index in [2.05, 4.69) is 153 Å². The lowest BCUT2D eigenvalue weighted by atomic mass is 9.80. The summed E-state index contributed by atoms with van der Waals surface area (Å²) in [6, 6.07) is 51.3. The van der Waals surface area contributed by atoms with Gasteiger partial charge in [0.15, 0.2) is 0 Å². The average molecular weight is 604 g/mol. The van der Waals surface area contributed by atoms with E-state index in [0.717, 1.165) is 16.1 Å². The molecule has 1 aliphatic carbocycles. The summed E-state index contributed by atoms with van der Waals surface area (Å²) >= 11 is 1.80. The van der Waals surface area contributed by atoms with Gasteiger partial charge in [-0.1, -0.05) is 141 Å². The van der Waals surface area contributed by atoms with Crippen molar-refractivity contribution in [3.8, 4) is 33.5 Å². The Balaban J connectivity index is 1.17. The molecule has 2 heterocycles. The molecule has 1 nitrogen and oxygen atoms in total. The molecule has 0 amide bonds. The van der Waals surface area contributed by atoms with Crippen LogP contribution in [0.4, 0.5) is 0 Å². The highest BCUT2D eigenvalue weighted by molar-refractivity contribution is 7.25. The molecule has 216 valence electrons. The van der Waals surface area contributed by atoms with Gasteiger partial charge in [0, 0.05) is 26.5 Å². The first kappa shape index (κ1) is 26.0. The number of hydrogen-bond acceptors (Lipinski definition) is 2. The summed E-state index contributed by atoms with van der Waals surface area (Å²) in [5.74, 6) is 0. The number of thiophene rings is 1. The van der Waals surface area contributed by atoms with Gasteiger partial charge in [-0.25, -0.2) is 4.98 Å². The second-order valence-corrected chi connectivity index (χ2v) is 14.1. The minimum Gasteiger partial charge on any atom is -0.237 e. The summed E-state index contributed by atoms with van der Waals surface area (Å²) in [5, 5.41) is 10.4. The van der Waals surface area contributed by atoms with Crippen LogP contribution in [0.2, 0.25) is 0 Å². The normalized spacial score (nSPS) is 13.6. The van der Waals surface area contributed by atoms with Crippen LogP contribution in [-0.4, -0.2) is 4.98 Å². The van der Waals surface area contributed by atoms with Crippen molar-refractivity contribution in [1.82, 2.24) is 4.98 Å². The summed E-state index contributed by atoms with van der Waals surface area (Å²) in [6.07, 6.45) is 0. The molecular weight excluding hydrogens is 575 g/mol. The fourth-order valence-corrected chi connectivity index (χ4v) is 9.22. The zero-order valence-corrected chi connectivity index (χ0v) is 26.5. The van der Waals surface area contributed by atoms with Crippen LogP contribution in [0.1, 0.15) is 25.0 Å². The van der Waals surface area contributed by atoms with Crippen molar-refractivity contribution in [2.75, 3.05) is 0 Å². The molecule has 9 aromatic rings. The molecule has 2 aromatic heterocycles. The standard InChI is InChI=1S/C44H29NS/c1-44(2)37-17-9-7-15-34(37)39-40-35-16-8-10-18-38(35)46-43(40)45-42(41(39)44)27-21-19-26(20-22-27)28-23-24-33-31-13-4-3-11-29(31)30-12-5-6-14-32(30)36(33)25-28/h3-25H,1-2H3. The lowest BCUT2D eigenvalue weighted by Gasteiger charge is -2.24. The van der Waals surface area contributed by atoms with Gasteiger partial charge in [-0.2, -0.15) is 0 Å². The molecule has 7 aromatic carbocycles. The monoisotopic (exact) mass is 603 g/mol. The Hall–Kier alpha value is -5.31. The zero-order valence-electron chi connectivity index (χ0n) is 25.6. The van der Waals surface area contributed by atoms with E-state index >= 15 is 0 Å². The highest BCUT2D eigenvalue weighted by atomic mass is 32.1. The van der Waals surface area contributed by atoms with Crippen molar-refractivity contribution in [2.24, 2.45) is 0 Å². The Bertz CT molecular complexity index is 2680. The zero-order chi connectivity index (χ0) is 30.6. The largest absolute Gasteiger partial charge is 0.237 e. The molecule has 0 saturated heterocycles. The number of aromatic nitrogens is 1. The number of benzene rings is 7. The van der Waals surface area contributed by atoms with Gasteiger partial charge < -0.3 is 0 Å². The summed E-state index contributed by atoms with van der Waals surface area (Å²) in [6.45, 7) is 4.72. The molecular formula is C44H29NS. The Morgan fingerprint density at radius 3 is 1.76 bits per heavy atom. The second kappa shape index (κ2) is 9.36. The van der Waals surface area contributed by atoms with Crippen LogP contribution >= 0.6 is 11.3 Å². The van der Waals surface area contributed by atoms with E-state index in [9.17, 15) is 0 Å². The van der Waals surface area contributed by atoms with Gasteiger partial charge in [0.25, 0.3) is 0 Å². The molecule has 0 bridgehead atoms. The van der Waals surface area contributed by atoms with Crippen LogP contribution < -0.4 is 0 Å². The van der Waals surface area contributed by atoms with Crippen LogP contribution in [0.5, 0.6) is 0 Å². The lowest BCUT2D eigenvalue weighted by Crippen LogP contribution is -2.16. The average Bonchev–Trinajstić information content (AvgIpc) is 3.60. The third kappa shape index (κ3) is 3.48. The first-order chi connectivity index (χ1) is 22.6. The number of nitrogens with zero attached hydrogens (tertiary/aromatic N) is 1. The molecule has 2 heteroatoms. The van der Waals surface area contributed by atoms with Crippen LogP contribution in [0.15, 0.2) is 140 Å². The Morgan fingerprint density at radius 1 is 0.500 bits per heavy atom. The smallest absolute Gasteiger partial charge is 0.125 e. The predicted molar refractivity (Wildman–Crippen MR) is 198 cm³/mol. The van der Waals surface area contributed by atoms with Gasteiger partial charge in [0.1, 0.15) is 4.83 Å². The summed E-state index contributed by atoms with van der Waals surface area (Å²) in [4.78, 5) is 6.57. The first-order valence-electron chi connectivity index (χ1n) is 16.0. The van der Waals surface area contributed by atoms with Crippen LogP contribution in [0.3, 0.4) is 0 Å².